The van der Waals surface area contributed by atoms with E-state index in [1.165, 1.54) is 5.56 Å². The van der Waals surface area contributed by atoms with Crippen molar-refractivity contribution in [3.05, 3.63) is 29.8 Å². The first kappa shape index (κ1) is 15.0. The summed E-state index contributed by atoms with van der Waals surface area (Å²) in [6.07, 6.45) is 1.95. The Morgan fingerprint density at radius 2 is 2.15 bits per heavy atom. The Kier molecular flexibility index (Phi) is 5.56. The Balaban J connectivity index is 1.89. The van der Waals surface area contributed by atoms with E-state index in [-0.39, 0.29) is 11.8 Å². The van der Waals surface area contributed by atoms with Crippen LogP contribution in [0.4, 0.5) is 5.69 Å². The quantitative estimate of drug-likeness (QED) is 0.840. The third-order valence-electron chi connectivity index (χ3n) is 3.68. The molecule has 1 aliphatic rings. The number of ether oxygens (including phenoxy) is 1. The SMILES string of the molecule is CCCNC(C)c1ccc(NC(=O)C2CCOC2)cc1. The molecule has 1 saturated heterocycles. The van der Waals surface area contributed by atoms with E-state index in [0.717, 1.165) is 25.1 Å². The average Bonchev–Trinajstić information content (AvgIpc) is 3.00. The number of hydrogen-bond donors (Lipinski definition) is 2. The summed E-state index contributed by atoms with van der Waals surface area (Å²) in [5.74, 6) is 0.0622. The van der Waals surface area contributed by atoms with Crippen LogP contribution in [0.5, 0.6) is 0 Å². The zero-order valence-corrected chi connectivity index (χ0v) is 12.3. The summed E-state index contributed by atoms with van der Waals surface area (Å²) in [5, 5.41) is 6.40. The van der Waals surface area contributed by atoms with Gasteiger partial charge >= 0.3 is 0 Å². The molecule has 2 N–H and O–H groups in total. The summed E-state index contributed by atoms with van der Waals surface area (Å²) < 4.78 is 5.23. The molecule has 0 spiro atoms. The summed E-state index contributed by atoms with van der Waals surface area (Å²) >= 11 is 0. The molecule has 2 rings (SSSR count). The van der Waals surface area contributed by atoms with E-state index >= 15 is 0 Å². The average molecular weight is 276 g/mol. The van der Waals surface area contributed by atoms with Crippen molar-refractivity contribution >= 4 is 11.6 Å². The van der Waals surface area contributed by atoms with E-state index < -0.39 is 0 Å². The van der Waals surface area contributed by atoms with Gasteiger partial charge in [0, 0.05) is 18.3 Å². The summed E-state index contributed by atoms with van der Waals surface area (Å²) in [7, 11) is 0. The molecule has 1 aromatic rings. The van der Waals surface area contributed by atoms with E-state index in [4.69, 9.17) is 4.74 Å². The molecule has 2 atom stereocenters. The van der Waals surface area contributed by atoms with Crippen molar-refractivity contribution in [1.82, 2.24) is 5.32 Å². The van der Waals surface area contributed by atoms with E-state index in [9.17, 15) is 4.79 Å². The minimum atomic E-state index is -0.000166. The third-order valence-corrected chi connectivity index (χ3v) is 3.68. The Morgan fingerprint density at radius 1 is 1.40 bits per heavy atom. The van der Waals surface area contributed by atoms with Crippen LogP contribution in [0, 0.1) is 5.92 Å². The summed E-state index contributed by atoms with van der Waals surface area (Å²) in [6, 6.07) is 8.39. The summed E-state index contributed by atoms with van der Waals surface area (Å²) in [6.45, 7) is 6.56. The minimum Gasteiger partial charge on any atom is -0.381 e. The molecule has 0 aliphatic carbocycles. The predicted molar refractivity (Wildman–Crippen MR) is 80.7 cm³/mol. The zero-order valence-electron chi connectivity index (χ0n) is 12.3. The van der Waals surface area contributed by atoms with Crippen LogP contribution in [0.25, 0.3) is 0 Å². The topological polar surface area (TPSA) is 50.4 Å². The van der Waals surface area contributed by atoms with Gasteiger partial charge in [0.15, 0.2) is 0 Å². The fourth-order valence-corrected chi connectivity index (χ4v) is 2.32. The Labute approximate surface area is 120 Å². The number of carbonyl (C=O) groups excluding carboxylic acids is 1. The maximum Gasteiger partial charge on any atom is 0.229 e. The fourth-order valence-electron chi connectivity index (χ4n) is 2.32. The van der Waals surface area contributed by atoms with Gasteiger partial charge in [-0.15, -0.1) is 0 Å². The first-order chi connectivity index (χ1) is 9.70. The second kappa shape index (κ2) is 7.41. The van der Waals surface area contributed by atoms with Gasteiger partial charge in [0.1, 0.15) is 0 Å². The Bertz CT molecular complexity index is 425. The van der Waals surface area contributed by atoms with Crippen molar-refractivity contribution in [3.8, 4) is 0 Å². The third kappa shape index (κ3) is 4.05. The highest BCUT2D eigenvalue weighted by atomic mass is 16.5. The van der Waals surface area contributed by atoms with Gasteiger partial charge in [0.25, 0.3) is 0 Å². The molecule has 1 heterocycles. The van der Waals surface area contributed by atoms with Crippen molar-refractivity contribution < 1.29 is 9.53 Å². The number of amides is 1. The lowest BCUT2D eigenvalue weighted by Gasteiger charge is -2.15. The molecule has 1 fully saturated rings. The predicted octanol–water partition coefficient (Wildman–Crippen LogP) is 2.72. The second-order valence-electron chi connectivity index (χ2n) is 5.35. The molecular formula is C16H24N2O2. The van der Waals surface area contributed by atoms with Gasteiger partial charge in [-0.25, -0.2) is 0 Å². The molecule has 20 heavy (non-hydrogen) atoms. The van der Waals surface area contributed by atoms with Crippen molar-refractivity contribution in [2.24, 2.45) is 5.92 Å². The number of nitrogens with one attached hydrogen (secondary N) is 2. The number of anilines is 1. The van der Waals surface area contributed by atoms with Crippen LogP contribution < -0.4 is 10.6 Å². The van der Waals surface area contributed by atoms with Crippen LogP contribution in [0.15, 0.2) is 24.3 Å². The second-order valence-corrected chi connectivity index (χ2v) is 5.35. The smallest absolute Gasteiger partial charge is 0.229 e. The normalized spacial score (nSPS) is 19.8. The van der Waals surface area contributed by atoms with Gasteiger partial charge in [-0.2, -0.15) is 0 Å². The highest BCUT2D eigenvalue weighted by Crippen LogP contribution is 2.18. The van der Waals surface area contributed by atoms with Crippen LogP contribution in [0.1, 0.15) is 38.3 Å². The molecule has 4 nitrogen and oxygen atoms in total. The Hall–Kier alpha value is -1.39. The lowest BCUT2D eigenvalue weighted by atomic mass is 10.1. The van der Waals surface area contributed by atoms with E-state index in [0.29, 0.717) is 19.3 Å². The first-order valence-corrected chi connectivity index (χ1v) is 7.42. The first-order valence-electron chi connectivity index (χ1n) is 7.42. The van der Waals surface area contributed by atoms with Crippen molar-refractivity contribution in [2.45, 2.75) is 32.7 Å². The maximum absolute atomic E-state index is 12.0. The largest absolute Gasteiger partial charge is 0.381 e. The van der Waals surface area contributed by atoms with E-state index in [2.05, 4.69) is 36.6 Å². The highest BCUT2D eigenvalue weighted by Gasteiger charge is 2.23. The Morgan fingerprint density at radius 3 is 2.75 bits per heavy atom. The van der Waals surface area contributed by atoms with Crippen LogP contribution in [0.3, 0.4) is 0 Å². The van der Waals surface area contributed by atoms with Crippen molar-refractivity contribution in [3.63, 3.8) is 0 Å². The van der Waals surface area contributed by atoms with Crippen LogP contribution in [-0.4, -0.2) is 25.7 Å². The molecule has 2 unspecified atom stereocenters. The maximum atomic E-state index is 12.0. The lowest BCUT2D eigenvalue weighted by molar-refractivity contribution is -0.119. The number of hydrogen-bond acceptors (Lipinski definition) is 3. The molecule has 0 radical (unpaired) electrons. The summed E-state index contributed by atoms with van der Waals surface area (Å²) in [5.41, 5.74) is 2.09. The van der Waals surface area contributed by atoms with Gasteiger partial charge in [-0.1, -0.05) is 19.1 Å². The monoisotopic (exact) mass is 276 g/mol. The molecular weight excluding hydrogens is 252 g/mol. The molecule has 1 aromatic carbocycles. The lowest BCUT2D eigenvalue weighted by Crippen LogP contribution is -2.23. The molecule has 0 bridgehead atoms. The van der Waals surface area contributed by atoms with E-state index in [1.807, 2.05) is 12.1 Å². The standard InChI is InChI=1S/C16H24N2O2/c1-3-9-17-12(2)13-4-6-15(7-5-13)18-16(19)14-8-10-20-11-14/h4-7,12,14,17H,3,8-11H2,1-2H3,(H,18,19). The zero-order chi connectivity index (χ0) is 14.4. The number of benzene rings is 1. The molecule has 0 aromatic heterocycles. The molecule has 1 amide bonds. The van der Waals surface area contributed by atoms with Crippen molar-refractivity contribution in [2.75, 3.05) is 25.1 Å². The van der Waals surface area contributed by atoms with Gasteiger partial charge < -0.3 is 15.4 Å². The van der Waals surface area contributed by atoms with Gasteiger partial charge in [0.2, 0.25) is 5.91 Å². The number of carbonyl (C=O) groups is 1. The van der Waals surface area contributed by atoms with Crippen LogP contribution in [0.2, 0.25) is 0 Å². The summed E-state index contributed by atoms with van der Waals surface area (Å²) in [4.78, 5) is 12.0. The highest BCUT2D eigenvalue weighted by molar-refractivity contribution is 5.92. The molecule has 0 saturated carbocycles. The van der Waals surface area contributed by atoms with Crippen LogP contribution in [-0.2, 0) is 9.53 Å². The van der Waals surface area contributed by atoms with Crippen molar-refractivity contribution in [1.29, 1.82) is 0 Å². The minimum absolute atomic E-state index is 0.000166. The molecule has 110 valence electrons. The van der Waals surface area contributed by atoms with Gasteiger partial charge in [0.05, 0.1) is 12.5 Å². The molecule has 1 aliphatic heterocycles. The van der Waals surface area contributed by atoms with Gasteiger partial charge in [-0.3, -0.25) is 4.79 Å². The fraction of sp³-hybridized carbons (Fsp3) is 0.562. The van der Waals surface area contributed by atoms with E-state index in [1.54, 1.807) is 0 Å². The molecule has 4 heteroatoms. The number of rotatable bonds is 6. The van der Waals surface area contributed by atoms with Gasteiger partial charge in [-0.05, 0) is 44.0 Å². The van der Waals surface area contributed by atoms with Crippen LogP contribution >= 0.6 is 0 Å².